The Morgan fingerprint density at radius 1 is 0.298 bits per heavy atom. The molecule has 4 nitrogen and oxygen atoms in total. The molecule has 266 valence electrons. The van der Waals surface area contributed by atoms with E-state index in [-0.39, 0.29) is 0 Å². The van der Waals surface area contributed by atoms with Crippen LogP contribution < -0.4 is 0 Å². The van der Waals surface area contributed by atoms with Gasteiger partial charge in [-0.1, -0.05) is 121 Å². The zero-order chi connectivity index (χ0) is 37.2. The van der Waals surface area contributed by atoms with Crippen LogP contribution in [0.4, 0.5) is 0 Å². The molecule has 5 heterocycles. The first kappa shape index (κ1) is 30.9. The fraction of sp³-hybridized carbons (Fsp3) is 0. The van der Waals surface area contributed by atoms with Crippen LogP contribution in [0.5, 0.6) is 0 Å². The number of hydrogen-bond acceptors (Lipinski definition) is 1. The average Bonchev–Trinajstić information content (AvgIpc) is 4.06. The number of nitrogens with zero attached hydrogens (tertiary/aromatic N) is 4. The maximum Gasteiger partial charge on any atom is 0.131 e. The molecular formula is C52H32N4S. The minimum absolute atomic E-state index is 1.13. The van der Waals surface area contributed by atoms with E-state index in [0.29, 0.717) is 0 Å². The molecule has 0 aliphatic heterocycles. The van der Waals surface area contributed by atoms with E-state index in [0.717, 1.165) is 17.1 Å². The molecule has 13 aromatic rings. The molecule has 0 atom stereocenters. The zero-order valence-corrected chi connectivity index (χ0v) is 31.5. The number of aromatic nitrogens is 4. The number of hydrogen-bond donors (Lipinski definition) is 0. The van der Waals surface area contributed by atoms with Crippen LogP contribution in [0.3, 0.4) is 0 Å². The van der Waals surface area contributed by atoms with E-state index in [1.807, 2.05) is 11.3 Å². The van der Waals surface area contributed by atoms with Crippen LogP contribution in [0.2, 0.25) is 0 Å². The third-order valence-electron chi connectivity index (χ3n) is 11.9. The smallest absolute Gasteiger partial charge is 0.131 e. The fourth-order valence-electron chi connectivity index (χ4n) is 9.66. The highest BCUT2D eigenvalue weighted by molar-refractivity contribution is 7.26. The maximum atomic E-state index is 2.52. The third kappa shape index (κ3) is 4.16. The standard InChI is InChI=1S/C52H32N4S/c1-3-16-33(17-4-1)53-42-25-11-7-21-38(42)48-39-22-8-12-26-43(39)55(51(48)53)35-30-31-45-41(32-35)49-40-23-9-13-27-44(40)56(52(49)54(45)34-18-5-2-6-19-34)46-28-15-24-37-36-20-10-14-29-47(36)57-50(37)46/h1-32H. The molecule has 0 N–H and O–H groups in total. The first-order valence-electron chi connectivity index (χ1n) is 19.5. The predicted octanol–water partition coefficient (Wildman–Crippen LogP) is 14.1. The summed E-state index contributed by atoms with van der Waals surface area (Å²) in [6, 6.07) is 71.0. The molecule has 0 saturated heterocycles. The second-order valence-corrected chi connectivity index (χ2v) is 16.0. The molecule has 0 spiro atoms. The predicted molar refractivity (Wildman–Crippen MR) is 242 cm³/mol. The number of rotatable bonds is 4. The minimum atomic E-state index is 1.13. The zero-order valence-electron chi connectivity index (χ0n) is 30.7. The lowest BCUT2D eigenvalue weighted by Crippen LogP contribution is -2.02. The number of para-hydroxylation sites is 5. The summed E-state index contributed by atoms with van der Waals surface area (Å²) in [5.74, 6) is 0. The Hall–Kier alpha value is -7.34. The van der Waals surface area contributed by atoms with Gasteiger partial charge in [-0.25, -0.2) is 0 Å². The second kappa shape index (κ2) is 11.6. The minimum Gasteiger partial charge on any atom is -0.295 e. The second-order valence-electron chi connectivity index (χ2n) is 14.9. The summed E-state index contributed by atoms with van der Waals surface area (Å²) in [6.45, 7) is 0. The molecule has 0 unspecified atom stereocenters. The van der Waals surface area contributed by atoms with Crippen molar-refractivity contribution in [1.82, 2.24) is 18.3 Å². The lowest BCUT2D eigenvalue weighted by molar-refractivity contribution is 1.06. The Labute approximate surface area is 330 Å². The van der Waals surface area contributed by atoms with Crippen LogP contribution in [0.1, 0.15) is 0 Å². The Bertz CT molecular complexity index is 3740. The summed E-state index contributed by atoms with van der Waals surface area (Å²) in [7, 11) is 0. The fourth-order valence-corrected chi connectivity index (χ4v) is 10.9. The Morgan fingerprint density at radius 3 is 1.39 bits per heavy atom. The quantitative estimate of drug-likeness (QED) is 0.171. The van der Waals surface area contributed by atoms with Gasteiger partial charge in [0.15, 0.2) is 0 Å². The topological polar surface area (TPSA) is 19.7 Å². The van der Waals surface area contributed by atoms with Crippen LogP contribution in [0.15, 0.2) is 194 Å². The van der Waals surface area contributed by atoms with Gasteiger partial charge in [0.05, 0.1) is 32.5 Å². The molecule has 8 aromatic carbocycles. The third-order valence-corrected chi connectivity index (χ3v) is 13.1. The van der Waals surface area contributed by atoms with Crippen molar-refractivity contribution in [2.45, 2.75) is 0 Å². The highest BCUT2D eigenvalue weighted by Crippen LogP contribution is 2.46. The summed E-state index contributed by atoms with van der Waals surface area (Å²) < 4.78 is 12.5. The van der Waals surface area contributed by atoms with Crippen molar-refractivity contribution in [3.05, 3.63) is 194 Å². The van der Waals surface area contributed by atoms with Gasteiger partial charge in [-0.2, -0.15) is 0 Å². The summed E-state index contributed by atoms with van der Waals surface area (Å²) in [4.78, 5) is 0. The van der Waals surface area contributed by atoms with Gasteiger partial charge in [0.2, 0.25) is 0 Å². The average molecular weight is 745 g/mol. The molecule has 5 heteroatoms. The molecule has 5 aromatic heterocycles. The monoisotopic (exact) mass is 744 g/mol. The van der Waals surface area contributed by atoms with E-state index in [1.165, 1.54) is 91.5 Å². The molecule has 0 bridgehead atoms. The summed E-state index contributed by atoms with van der Waals surface area (Å²) in [5, 5.41) is 10.1. The normalized spacial score (nSPS) is 12.2. The number of benzene rings is 8. The lowest BCUT2D eigenvalue weighted by atomic mass is 10.1. The van der Waals surface area contributed by atoms with E-state index < -0.39 is 0 Å². The Morgan fingerprint density at radius 2 is 0.754 bits per heavy atom. The van der Waals surface area contributed by atoms with E-state index in [9.17, 15) is 0 Å². The van der Waals surface area contributed by atoms with Crippen LogP contribution in [0, 0.1) is 0 Å². The van der Waals surface area contributed by atoms with Crippen LogP contribution in [-0.4, -0.2) is 18.3 Å². The SMILES string of the molecule is c1ccc(-n2c3ccccc3c3c4ccccc4n(-c4ccc5c(c4)c4c6ccccc6n(-c6cccc7c6sc6ccccc67)c4n5-c4ccccc4)c32)cc1. The number of thiophene rings is 1. The van der Waals surface area contributed by atoms with Gasteiger partial charge in [0.25, 0.3) is 0 Å². The van der Waals surface area contributed by atoms with E-state index in [2.05, 4.69) is 212 Å². The molecule has 0 aliphatic carbocycles. The van der Waals surface area contributed by atoms with Crippen molar-refractivity contribution < 1.29 is 0 Å². The largest absolute Gasteiger partial charge is 0.295 e. The lowest BCUT2D eigenvalue weighted by Gasteiger charge is -2.15. The van der Waals surface area contributed by atoms with Gasteiger partial charge >= 0.3 is 0 Å². The van der Waals surface area contributed by atoms with Crippen molar-refractivity contribution >= 4 is 97.2 Å². The highest BCUT2D eigenvalue weighted by atomic mass is 32.1. The maximum absolute atomic E-state index is 2.52. The van der Waals surface area contributed by atoms with Crippen LogP contribution in [0.25, 0.3) is 109 Å². The Balaban J connectivity index is 1.20. The summed E-state index contributed by atoms with van der Waals surface area (Å²) in [5.41, 5.74) is 11.7. The van der Waals surface area contributed by atoms with Crippen molar-refractivity contribution in [3.8, 4) is 22.7 Å². The van der Waals surface area contributed by atoms with Crippen LogP contribution >= 0.6 is 11.3 Å². The molecular weight excluding hydrogens is 713 g/mol. The molecule has 0 saturated carbocycles. The van der Waals surface area contributed by atoms with E-state index in [1.54, 1.807) is 0 Å². The van der Waals surface area contributed by atoms with Gasteiger partial charge in [-0.15, -0.1) is 11.3 Å². The van der Waals surface area contributed by atoms with E-state index >= 15 is 0 Å². The van der Waals surface area contributed by atoms with E-state index in [4.69, 9.17) is 0 Å². The van der Waals surface area contributed by atoms with Gasteiger partial charge in [-0.05, 0) is 72.8 Å². The summed E-state index contributed by atoms with van der Waals surface area (Å²) >= 11 is 1.88. The van der Waals surface area contributed by atoms with Gasteiger partial charge in [0.1, 0.15) is 11.3 Å². The van der Waals surface area contributed by atoms with Crippen molar-refractivity contribution in [1.29, 1.82) is 0 Å². The van der Waals surface area contributed by atoms with Crippen LogP contribution in [-0.2, 0) is 0 Å². The highest BCUT2D eigenvalue weighted by Gasteiger charge is 2.26. The summed E-state index contributed by atoms with van der Waals surface area (Å²) in [6.07, 6.45) is 0. The number of fused-ring (bicyclic) bond motifs is 13. The van der Waals surface area contributed by atoms with Crippen molar-refractivity contribution in [2.75, 3.05) is 0 Å². The first-order chi connectivity index (χ1) is 28.3. The van der Waals surface area contributed by atoms with Crippen molar-refractivity contribution in [2.24, 2.45) is 0 Å². The first-order valence-corrected chi connectivity index (χ1v) is 20.3. The molecule has 57 heavy (non-hydrogen) atoms. The molecule has 13 rings (SSSR count). The van der Waals surface area contributed by atoms with Gasteiger partial charge < -0.3 is 0 Å². The van der Waals surface area contributed by atoms with Gasteiger partial charge in [-0.3, -0.25) is 18.3 Å². The molecule has 0 aliphatic rings. The molecule has 0 fully saturated rings. The van der Waals surface area contributed by atoms with Crippen molar-refractivity contribution in [3.63, 3.8) is 0 Å². The Kier molecular flexibility index (Phi) is 6.29. The molecule has 0 radical (unpaired) electrons. The van der Waals surface area contributed by atoms with Gasteiger partial charge in [0, 0.05) is 64.9 Å². The molecule has 0 amide bonds.